The molecule has 6 atom stereocenters. The summed E-state index contributed by atoms with van der Waals surface area (Å²) in [5.74, 6) is -0.837. The summed E-state index contributed by atoms with van der Waals surface area (Å²) in [6, 6.07) is 0. The van der Waals surface area contributed by atoms with Crippen molar-refractivity contribution in [3.8, 4) is 0 Å². The third kappa shape index (κ3) is 36.8. The zero-order valence-corrected chi connectivity index (χ0v) is 42.0. The van der Waals surface area contributed by atoms with Crippen molar-refractivity contribution in [2.75, 3.05) is 19.8 Å². The van der Waals surface area contributed by atoms with E-state index in [1.165, 1.54) is 180 Å². The molecule has 0 saturated carbocycles. The molecule has 0 amide bonds. The van der Waals surface area contributed by atoms with Gasteiger partial charge in [0.05, 0.1) is 13.2 Å². The van der Waals surface area contributed by atoms with Crippen molar-refractivity contribution in [2.24, 2.45) is 0 Å². The molecule has 10 nitrogen and oxygen atoms in total. The van der Waals surface area contributed by atoms with Crippen LogP contribution in [-0.2, 0) is 28.5 Å². The molecule has 4 N–H and O–H groups in total. The molecule has 0 aromatic heterocycles. The van der Waals surface area contributed by atoms with Gasteiger partial charge >= 0.3 is 11.9 Å². The minimum atomic E-state index is -1.60. The molecular formula is C55H102O10. The molecule has 1 heterocycles. The predicted octanol–water partition coefficient (Wildman–Crippen LogP) is 13.2. The second kappa shape index (κ2) is 45.9. The molecule has 1 saturated heterocycles. The van der Waals surface area contributed by atoms with Crippen molar-refractivity contribution >= 4 is 11.9 Å². The zero-order valence-electron chi connectivity index (χ0n) is 42.0. The highest BCUT2D eigenvalue weighted by atomic mass is 16.7. The highest BCUT2D eigenvalue weighted by Crippen LogP contribution is 2.23. The summed E-state index contributed by atoms with van der Waals surface area (Å²) in [4.78, 5) is 25.5. The third-order valence-electron chi connectivity index (χ3n) is 12.8. The van der Waals surface area contributed by atoms with E-state index in [9.17, 15) is 30.0 Å². The largest absolute Gasteiger partial charge is 0.462 e. The van der Waals surface area contributed by atoms with Crippen molar-refractivity contribution in [1.29, 1.82) is 0 Å². The Kier molecular flexibility index (Phi) is 43.2. The Morgan fingerprint density at radius 2 is 0.831 bits per heavy atom. The quantitative estimate of drug-likeness (QED) is 0.0264. The van der Waals surface area contributed by atoms with Gasteiger partial charge in [0.15, 0.2) is 12.4 Å². The number of carbonyl (C=O) groups excluding carboxylic acids is 2. The molecule has 1 rings (SSSR count). The van der Waals surface area contributed by atoms with Gasteiger partial charge in [-0.15, -0.1) is 0 Å². The number of allylic oxidation sites excluding steroid dienone is 4. The smallest absolute Gasteiger partial charge is 0.306 e. The van der Waals surface area contributed by atoms with Gasteiger partial charge in [0.1, 0.15) is 31.0 Å². The molecule has 1 aliphatic rings. The SMILES string of the molecule is CCCCCCCC/C=C/CCCCCCCCCC(=O)O[C@@H](COC(=O)CCC/C=C/CCCCCCCCCCCCCCCCCCCC)CO[C@H]1O[C@@H](CO)[C@@H](O)C(O)C1O. The molecule has 0 radical (unpaired) electrons. The molecule has 10 heteroatoms. The summed E-state index contributed by atoms with van der Waals surface area (Å²) < 4.78 is 22.2. The average molecular weight is 923 g/mol. The van der Waals surface area contributed by atoms with Crippen LogP contribution in [0.25, 0.3) is 0 Å². The van der Waals surface area contributed by atoms with Crippen LogP contribution in [0.2, 0.25) is 0 Å². The lowest BCUT2D eigenvalue weighted by Crippen LogP contribution is -2.59. The molecule has 1 aliphatic heterocycles. The minimum Gasteiger partial charge on any atom is -0.462 e. The van der Waals surface area contributed by atoms with E-state index in [1.807, 2.05) is 0 Å². The summed E-state index contributed by atoms with van der Waals surface area (Å²) >= 11 is 0. The van der Waals surface area contributed by atoms with Crippen LogP contribution < -0.4 is 0 Å². The van der Waals surface area contributed by atoms with E-state index in [2.05, 4.69) is 38.2 Å². The maximum absolute atomic E-state index is 12.8. The summed E-state index contributed by atoms with van der Waals surface area (Å²) in [6.45, 7) is 3.43. The van der Waals surface area contributed by atoms with Crippen molar-refractivity contribution < 1.29 is 49.0 Å². The Morgan fingerprint density at radius 3 is 1.25 bits per heavy atom. The highest BCUT2D eigenvalue weighted by Gasteiger charge is 2.44. The van der Waals surface area contributed by atoms with E-state index in [1.54, 1.807) is 0 Å². The van der Waals surface area contributed by atoms with Crippen LogP contribution in [0.15, 0.2) is 24.3 Å². The van der Waals surface area contributed by atoms with Crippen molar-refractivity contribution in [2.45, 2.75) is 295 Å². The molecule has 382 valence electrons. The van der Waals surface area contributed by atoms with Gasteiger partial charge in [0.2, 0.25) is 0 Å². The second-order valence-corrected chi connectivity index (χ2v) is 19.0. The normalized spacial score (nSPS) is 19.4. The van der Waals surface area contributed by atoms with E-state index < -0.39 is 55.4 Å². The molecule has 2 unspecified atom stereocenters. The average Bonchev–Trinajstić information content (AvgIpc) is 3.30. The standard InChI is InChI=1S/C55H102O10/c1-3-5-7-9-11-13-15-17-19-21-22-23-24-25-26-28-29-31-33-35-37-39-41-43-50(57)62-46-48(47-63-55-54(61)53(60)52(59)49(45-56)65-55)64-51(58)44-42-40-38-36-34-32-30-27-20-18-16-14-12-10-8-6-4-2/h18,20,35,37,48-49,52-56,59-61H,3-17,19,21-34,36,38-47H2,1-2H3/b20-18+,37-35+/t48-,49-,52+,53?,54?,55-/m0/s1. The minimum absolute atomic E-state index is 0.222. The van der Waals surface area contributed by atoms with E-state index in [0.717, 1.165) is 38.5 Å². The zero-order chi connectivity index (χ0) is 47.3. The van der Waals surface area contributed by atoms with Gasteiger partial charge < -0.3 is 39.4 Å². The Bertz CT molecular complexity index is 1110. The van der Waals surface area contributed by atoms with E-state index in [4.69, 9.17) is 18.9 Å². The topological polar surface area (TPSA) is 152 Å². The van der Waals surface area contributed by atoms with Crippen LogP contribution in [0.5, 0.6) is 0 Å². The number of ether oxygens (including phenoxy) is 4. The Balaban J connectivity index is 2.23. The summed E-state index contributed by atoms with van der Waals surface area (Å²) in [5, 5.41) is 40.2. The maximum Gasteiger partial charge on any atom is 0.306 e. The van der Waals surface area contributed by atoms with Gasteiger partial charge in [-0.2, -0.15) is 0 Å². The van der Waals surface area contributed by atoms with Crippen LogP contribution in [-0.4, -0.2) is 89.0 Å². The second-order valence-electron chi connectivity index (χ2n) is 19.0. The maximum atomic E-state index is 12.8. The van der Waals surface area contributed by atoms with E-state index in [0.29, 0.717) is 12.8 Å². The number of carbonyl (C=O) groups is 2. The van der Waals surface area contributed by atoms with E-state index in [-0.39, 0.29) is 26.1 Å². The van der Waals surface area contributed by atoms with Crippen molar-refractivity contribution in [1.82, 2.24) is 0 Å². The predicted molar refractivity (Wildman–Crippen MR) is 266 cm³/mol. The van der Waals surface area contributed by atoms with Gasteiger partial charge in [-0.25, -0.2) is 0 Å². The van der Waals surface area contributed by atoms with Crippen LogP contribution in [0.3, 0.4) is 0 Å². The van der Waals surface area contributed by atoms with Crippen LogP contribution >= 0.6 is 0 Å². The fourth-order valence-corrected chi connectivity index (χ4v) is 8.48. The number of aliphatic hydroxyl groups excluding tert-OH is 4. The summed E-state index contributed by atoms with van der Waals surface area (Å²) in [7, 11) is 0. The first-order chi connectivity index (χ1) is 31.8. The lowest BCUT2D eigenvalue weighted by molar-refractivity contribution is -0.305. The molecule has 0 spiro atoms. The number of unbranched alkanes of at least 4 members (excludes halogenated alkanes) is 32. The number of hydrogen-bond donors (Lipinski definition) is 4. The first-order valence-electron chi connectivity index (χ1n) is 27.4. The van der Waals surface area contributed by atoms with Gasteiger partial charge in [-0.3, -0.25) is 9.59 Å². The van der Waals surface area contributed by atoms with Crippen LogP contribution in [0.1, 0.15) is 258 Å². The number of esters is 2. The van der Waals surface area contributed by atoms with Gasteiger partial charge in [0, 0.05) is 12.8 Å². The number of hydrogen-bond acceptors (Lipinski definition) is 10. The molecule has 1 fully saturated rings. The lowest BCUT2D eigenvalue weighted by Gasteiger charge is -2.39. The first-order valence-corrected chi connectivity index (χ1v) is 27.4. The fraction of sp³-hybridized carbons (Fsp3) is 0.891. The van der Waals surface area contributed by atoms with Crippen molar-refractivity contribution in [3.63, 3.8) is 0 Å². The molecule has 0 aliphatic carbocycles. The van der Waals surface area contributed by atoms with Gasteiger partial charge in [-0.05, 0) is 57.8 Å². The Labute approximate surface area is 398 Å². The summed E-state index contributed by atoms with van der Waals surface area (Å²) in [5.41, 5.74) is 0. The van der Waals surface area contributed by atoms with Crippen LogP contribution in [0.4, 0.5) is 0 Å². The van der Waals surface area contributed by atoms with E-state index >= 15 is 0 Å². The number of rotatable bonds is 47. The van der Waals surface area contributed by atoms with Gasteiger partial charge in [0.25, 0.3) is 0 Å². The Morgan fingerprint density at radius 1 is 0.462 bits per heavy atom. The van der Waals surface area contributed by atoms with Crippen molar-refractivity contribution in [3.05, 3.63) is 24.3 Å². The highest BCUT2D eigenvalue weighted by molar-refractivity contribution is 5.70. The van der Waals surface area contributed by atoms with Crippen LogP contribution in [0, 0.1) is 0 Å². The lowest BCUT2D eigenvalue weighted by atomic mass is 9.99. The summed E-state index contributed by atoms with van der Waals surface area (Å²) in [6.07, 6.45) is 46.3. The molecular weight excluding hydrogens is 821 g/mol. The number of aliphatic hydroxyl groups is 4. The Hall–Kier alpha value is -1.82. The molecule has 0 aromatic carbocycles. The third-order valence-corrected chi connectivity index (χ3v) is 12.8. The fourth-order valence-electron chi connectivity index (χ4n) is 8.48. The molecule has 0 aromatic rings. The molecule has 0 bridgehead atoms. The monoisotopic (exact) mass is 923 g/mol. The molecule has 65 heavy (non-hydrogen) atoms. The van der Waals surface area contributed by atoms with Gasteiger partial charge in [-0.1, -0.05) is 212 Å². The first kappa shape index (κ1) is 61.2.